The second kappa shape index (κ2) is 10.2. The van der Waals surface area contributed by atoms with Crippen molar-refractivity contribution in [1.29, 1.82) is 0 Å². The van der Waals surface area contributed by atoms with Crippen LogP contribution in [0.15, 0.2) is 36.7 Å². The van der Waals surface area contributed by atoms with E-state index in [9.17, 15) is 8.78 Å². The molecule has 10 heteroatoms. The molecule has 0 radical (unpaired) electrons. The lowest BCUT2D eigenvalue weighted by Crippen LogP contribution is -2.73. The summed E-state index contributed by atoms with van der Waals surface area (Å²) in [5, 5.41) is 3.16. The number of rotatable bonds is 9. The van der Waals surface area contributed by atoms with E-state index in [1.165, 1.54) is 25.6 Å². The van der Waals surface area contributed by atoms with Gasteiger partial charge in [-0.05, 0) is 44.5 Å². The molecule has 3 heterocycles. The third-order valence-corrected chi connectivity index (χ3v) is 7.31. The smallest absolute Gasteiger partial charge is 0.227 e. The van der Waals surface area contributed by atoms with Crippen molar-refractivity contribution in [3.8, 4) is 17.2 Å². The van der Waals surface area contributed by atoms with Crippen LogP contribution in [0.5, 0.6) is 17.2 Å². The van der Waals surface area contributed by atoms with E-state index in [0.717, 1.165) is 43.3 Å². The number of hydrogen-bond acceptors (Lipinski definition) is 8. The minimum absolute atomic E-state index is 0.0332. The van der Waals surface area contributed by atoms with Crippen LogP contribution in [0, 0.1) is 24.0 Å². The highest BCUT2D eigenvalue weighted by atomic mass is 19.1. The van der Waals surface area contributed by atoms with Gasteiger partial charge in [0.15, 0.2) is 17.3 Å². The second-order valence-corrected chi connectivity index (χ2v) is 10.4. The minimum atomic E-state index is -0.786. The van der Waals surface area contributed by atoms with Crippen molar-refractivity contribution < 1.29 is 23.0 Å². The number of hydrogen-bond donors (Lipinski definition) is 1. The maximum Gasteiger partial charge on any atom is 0.227 e. The van der Waals surface area contributed by atoms with Crippen LogP contribution in [0.1, 0.15) is 25.0 Å². The van der Waals surface area contributed by atoms with Crippen molar-refractivity contribution in [1.82, 2.24) is 14.9 Å². The summed E-state index contributed by atoms with van der Waals surface area (Å²) in [6, 6.07) is 7.85. The monoisotopic (exact) mass is 525 g/mol. The molecule has 2 saturated heterocycles. The number of aromatic nitrogens is 2. The average Bonchev–Trinajstić information content (AvgIpc) is 2.85. The van der Waals surface area contributed by atoms with Gasteiger partial charge in [0.05, 0.1) is 37.9 Å². The maximum absolute atomic E-state index is 14.5. The molecule has 38 heavy (non-hydrogen) atoms. The van der Waals surface area contributed by atoms with E-state index in [1.807, 2.05) is 18.2 Å². The molecule has 0 amide bonds. The fourth-order valence-electron chi connectivity index (χ4n) is 5.15. The summed E-state index contributed by atoms with van der Waals surface area (Å²) >= 11 is 0. The van der Waals surface area contributed by atoms with Gasteiger partial charge >= 0.3 is 0 Å². The van der Waals surface area contributed by atoms with Crippen LogP contribution >= 0.6 is 0 Å². The van der Waals surface area contributed by atoms with Crippen molar-refractivity contribution in [2.75, 3.05) is 50.6 Å². The number of benzene rings is 2. The fraction of sp³-hybridized carbons (Fsp3) is 0.429. The standard InChI is InChI=1S/C28H33F2N5O3/c1-17(2)34-13-28(14-34)15-35(16-28)22-7-6-19(9-23(22)36-4)33-27-31-10-20(11-32-27)38-12-21-25(29)18(3)8-24(37-5)26(21)30/h6-11,17H,12-16H2,1-5H3,(H,31,32,33). The largest absolute Gasteiger partial charge is 0.495 e. The lowest BCUT2D eigenvalue weighted by Gasteiger charge is -2.62. The van der Waals surface area contributed by atoms with Gasteiger partial charge < -0.3 is 24.4 Å². The predicted molar refractivity (Wildman–Crippen MR) is 142 cm³/mol. The molecule has 2 fully saturated rings. The van der Waals surface area contributed by atoms with E-state index in [-0.39, 0.29) is 29.2 Å². The van der Waals surface area contributed by atoms with Gasteiger partial charge in [0.2, 0.25) is 5.95 Å². The Morgan fingerprint density at radius 2 is 1.66 bits per heavy atom. The van der Waals surface area contributed by atoms with Gasteiger partial charge in [-0.15, -0.1) is 0 Å². The second-order valence-electron chi connectivity index (χ2n) is 10.4. The van der Waals surface area contributed by atoms with Crippen LogP contribution < -0.4 is 24.4 Å². The van der Waals surface area contributed by atoms with Crippen molar-refractivity contribution in [2.24, 2.45) is 5.41 Å². The van der Waals surface area contributed by atoms with Crippen LogP contribution in [-0.2, 0) is 6.61 Å². The zero-order valence-electron chi connectivity index (χ0n) is 22.3. The van der Waals surface area contributed by atoms with Crippen LogP contribution in [0.4, 0.5) is 26.1 Å². The van der Waals surface area contributed by atoms with E-state index in [0.29, 0.717) is 17.4 Å². The molecule has 2 aliphatic rings. The van der Waals surface area contributed by atoms with Crippen molar-refractivity contribution in [2.45, 2.75) is 33.4 Å². The first-order valence-electron chi connectivity index (χ1n) is 12.6. The molecule has 0 unspecified atom stereocenters. The Morgan fingerprint density at radius 3 is 2.29 bits per heavy atom. The van der Waals surface area contributed by atoms with E-state index < -0.39 is 11.6 Å². The van der Waals surface area contributed by atoms with Gasteiger partial charge in [0.25, 0.3) is 0 Å². The van der Waals surface area contributed by atoms with Gasteiger partial charge in [-0.25, -0.2) is 18.7 Å². The fourth-order valence-corrected chi connectivity index (χ4v) is 5.15. The first-order chi connectivity index (χ1) is 18.2. The zero-order valence-corrected chi connectivity index (χ0v) is 22.3. The van der Waals surface area contributed by atoms with Gasteiger partial charge in [-0.3, -0.25) is 4.90 Å². The minimum Gasteiger partial charge on any atom is -0.495 e. The molecular formula is C28H33F2N5O3. The number of nitrogens with one attached hydrogen (secondary N) is 1. The summed E-state index contributed by atoms with van der Waals surface area (Å²) in [6.07, 6.45) is 2.89. The number of methoxy groups -OCH3 is 2. The highest BCUT2D eigenvalue weighted by molar-refractivity contribution is 5.68. The van der Waals surface area contributed by atoms with Crippen LogP contribution in [0.3, 0.4) is 0 Å². The van der Waals surface area contributed by atoms with Gasteiger partial charge in [0.1, 0.15) is 18.2 Å². The number of anilines is 3. The van der Waals surface area contributed by atoms with Gasteiger partial charge in [0, 0.05) is 49.4 Å². The number of halogens is 2. The maximum atomic E-state index is 14.5. The van der Waals surface area contributed by atoms with Gasteiger partial charge in [-0.1, -0.05) is 0 Å². The zero-order chi connectivity index (χ0) is 27.0. The normalized spacial score (nSPS) is 16.3. The van der Waals surface area contributed by atoms with Gasteiger partial charge in [-0.2, -0.15) is 0 Å². The van der Waals surface area contributed by atoms with Crippen LogP contribution in [-0.4, -0.2) is 61.3 Å². The highest BCUT2D eigenvalue weighted by Gasteiger charge is 2.52. The Balaban J connectivity index is 1.19. The molecule has 1 spiro atoms. The Morgan fingerprint density at radius 1 is 0.974 bits per heavy atom. The first kappa shape index (κ1) is 26.0. The quantitative estimate of drug-likeness (QED) is 0.422. The number of aryl methyl sites for hydroxylation is 1. The molecule has 2 aliphatic heterocycles. The number of ether oxygens (including phenoxy) is 3. The van der Waals surface area contributed by atoms with Crippen LogP contribution in [0.25, 0.3) is 0 Å². The van der Waals surface area contributed by atoms with Crippen molar-refractivity contribution in [3.05, 3.63) is 59.4 Å². The number of likely N-dealkylation sites (tertiary alicyclic amines) is 1. The molecule has 202 valence electrons. The molecule has 0 saturated carbocycles. The lowest BCUT2D eigenvalue weighted by atomic mass is 9.72. The predicted octanol–water partition coefficient (Wildman–Crippen LogP) is 4.93. The third-order valence-electron chi connectivity index (χ3n) is 7.31. The molecule has 8 nitrogen and oxygen atoms in total. The lowest BCUT2D eigenvalue weighted by molar-refractivity contribution is -0.0412. The Labute approximate surface area is 221 Å². The molecule has 0 aliphatic carbocycles. The highest BCUT2D eigenvalue weighted by Crippen LogP contribution is 2.45. The Bertz CT molecular complexity index is 1300. The molecule has 3 aromatic rings. The SMILES string of the molecule is COc1cc(Nc2ncc(OCc3c(F)c(C)cc(OC)c3F)cn2)ccc1N1CC2(C1)CN(C(C)C)C2. The van der Waals surface area contributed by atoms with Crippen molar-refractivity contribution >= 4 is 17.3 Å². The molecular weight excluding hydrogens is 492 g/mol. The van der Waals surface area contributed by atoms with E-state index in [4.69, 9.17) is 14.2 Å². The molecule has 1 aromatic heterocycles. The number of nitrogens with zero attached hydrogens (tertiary/aromatic N) is 4. The van der Waals surface area contributed by atoms with E-state index in [2.05, 4.69) is 38.9 Å². The van der Waals surface area contributed by atoms with E-state index >= 15 is 0 Å². The summed E-state index contributed by atoms with van der Waals surface area (Å²) in [7, 11) is 3.00. The molecule has 5 rings (SSSR count). The summed E-state index contributed by atoms with van der Waals surface area (Å²) in [4.78, 5) is 13.4. The Hall–Kier alpha value is -3.66. The molecule has 0 atom stereocenters. The third kappa shape index (κ3) is 4.92. The summed E-state index contributed by atoms with van der Waals surface area (Å²) in [5.74, 6) is -0.0737. The van der Waals surface area contributed by atoms with Crippen molar-refractivity contribution in [3.63, 3.8) is 0 Å². The Kier molecular flexibility index (Phi) is 7.00. The topological polar surface area (TPSA) is 72.0 Å². The first-order valence-corrected chi connectivity index (χ1v) is 12.6. The van der Waals surface area contributed by atoms with E-state index in [1.54, 1.807) is 14.0 Å². The molecule has 1 N–H and O–H groups in total. The molecule has 2 aromatic carbocycles. The summed E-state index contributed by atoms with van der Waals surface area (Å²) < 4.78 is 45.1. The molecule has 0 bridgehead atoms. The van der Waals surface area contributed by atoms with Crippen LogP contribution in [0.2, 0.25) is 0 Å². The summed E-state index contributed by atoms with van der Waals surface area (Å²) in [5.41, 5.74) is 2.32. The average molecular weight is 526 g/mol. The summed E-state index contributed by atoms with van der Waals surface area (Å²) in [6.45, 7) is 10.1.